The first-order valence-electron chi connectivity index (χ1n) is 7.56. The van der Waals surface area contributed by atoms with Gasteiger partial charge in [0.15, 0.2) is 0 Å². The second-order valence-corrected chi connectivity index (χ2v) is 5.19. The highest BCUT2D eigenvalue weighted by Gasteiger charge is 2.31. The lowest BCUT2D eigenvalue weighted by Crippen LogP contribution is -2.44. The number of rotatable bonds is 7. The summed E-state index contributed by atoms with van der Waals surface area (Å²) in [4.78, 5) is 13.9. The maximum Gasteiger partial charge on any atom is 0.317 e. The Labute approximate surface area is 125 Å². The highest BCUT2D eigenvalue weighted by atomic mass is 16.5. The molecule has 2 heterocycles. The van der Waals surface area contributed by atoms with Gasteiger partial charge in [0.05, 0.1) is 12.9 Å². The van der Waals surface area contributed by atoms with Gasteiger partial charge < -0.3 is 24.5 Å². The summed E-state index contributed by atoms with van der Waals surface area (Å²) in [5.74, 6) is 0.554. The Kier molecular flexibility index (Phi) is 6.07. The quantitative estimate of drug-likeness (QED) is 0.754. The van der Waals surface area contributed by atoms with E-state index in [-0.39, 0.29) is 12.1 Å². The van der Waals surface area contributed by atoms with E-state index in [0.29, 0.717) is 31.9 Å². The summed E-state index contributed by atoms with van der Waals surface area (Å²) in [5, 5.41) is 13.0. The van der Waals surface area contributed by atoms with Crippen molar-refractivity contribution in [2.24, 2.45) is 0 Å². The first-order valence-corrected chi connectivity index (χ1v) is 7.56. The average Bonchev–Trinajstić information content (AvgIpc) is 3.14. The molecule has 6 heteroatoms. The molecule has 0 bridgehead atoms. The van der Waals surface area contributed by atoms with E-state index in [1.165, 1.54) is 0 Å². The zero-order valence-corrected chi connectivity index (χ0v) is 12.5. The van der Waals surface area contributed by atoms with Crippen LogP contribution in [0, 0.1) is 0 Å². The number of aliphatic hydroxyl groups is 1. The fraction of sp³-hybridized carbons (Fsp3) is 0.667. The predicted molar refractivity (Wildman–Crippen MR) is 77.9 cm³/mol. The molecule has 1 aliphatic heterocycles. The minimum Gasteiger partial charge on any atom is -0.467 e. The fourth-order valence-electron chi connectivity index (χ4n) is 2.68. The van der Waals surface area contributed by atoms with Gasteiger partial charge in [-0.1, -0.05) is 0 Å². The molecule has 1 aliphatic rings. The van der Waals surface area contributed by atoms with Crippen molar-refractivity contribution in [3.63, 3.8) is 0 Å². The number of ether oxygens (including phenoxy) is 1. The third-order valence-electron chi connectivity index (χ3n) is 3.73. The van der Waals surface area contributed by atoms with Crippen molar-refractivity contribution in [1.82, 2.24) is 10.2 Å². The van der Waals surface area contributed by atoms with Crippen LogP contribution < -0.4 is 5.32 Å². The van der Waals surface area contributed by atoms with Crippen LogP contribution in [0.25, 0.3) is 0 Å². The minimum atomic E-state index is -0.665. The van der Waals surface area contributed by atoms with Gasteiger partial charge in [-0.25, -0.2) is 4.79 Å². The maximum atomic E-state index is 12.1. The number of nitrogens with zero attached hydrogens (tertiary/aromatic N) is 1. The number of urea groups is 1. The molecule has 1 saturated heterocycles. The van der Waals surface area contributed by atoms with Gasteiger partial charge in [0.1, 0.15) is 11.9 Å². The molecule has 1 fully saturated rings. The highest BCUT2D eigenvalue weighted by molar-refractivity contribution is 5.74. The topological polar surface area (TPSA) is 74.9 Å². The van der Waals surface area contributed by atoms with Crippen molar-refractivity contribution in [1.29, 1.82) is 0 Å². The van der Waals surface area contributed by atoms with Crippen molar-refractivity contribution in [2.45, 2.75) is 38.3 Å². The number of amides is 2. The van der Waals surface area contributed by atoms with Gasteiger partial charge in [0, 0.05) is 32.2 Å². The van der Waals surface area contributed by atoms with Gasteiger partial charge in [-0.15, -0.1) is 0 Å². The lowest BCUT2D eigenvalue weighted by atomic mass is 10.1. The van der Waals surface area contributed by atoms with Crippen LogP contribution in [0.15, 0.2) is 22.8 Å². The first kappa shape index (κ1) is 15.9. The Hall–Kier alpha value is -1.53. The van der Waals surface area contributed by atoms with Gasteiger partial charge in [0.25, 0.3) is 0 Å². The Morgan fingerprint density at radius 2 is 2.52 bits per heavy atom. The number of carbonyl (C=O) groups is 1. The molecule has 1 aromatic rings. The molecule has 0 aliphatic carbocycles. The highest BCUT2D eigenvalue weighted by Crippen LogP contribution is 2.27. The van der Waals surface area contributed by atoms with Crippen LogP contribution in [0.2, 0.25) is 0 Å². The fourth-order valence-corrected chi connectivity index (χ4v) is 2.68. The van der Waals surface area contributed by atoms with E-state index in [2.05, 4.69) is 5.32 Å². The van der Waals surface area contributed by atoms with Crippen molar-refractivity contribution >= 4 is 6.03 Å². The SMILES string of the molecule is CCOCCNC(=O)N1CCCC1CC(O)c1ccco1. The number of hydrogen-bond acceptors (Lipinski definition) is 4. The van der Waals surface area contributed by atoms with Crippen molar-refractivity contribution < 1.29 is 19.1 Å². The van der Waals surface area contributed by atoms with Gasteiger partial charge in [-0.3, -0.25) is 0 Å². The molecule has 21 heavy (non-hydrogen) atoms. The lowest BCUT2D eigenvalue weighted by Gasteiger charge is -2.26. The Morgan fingerprint density at radius 1 is 1.67 bits per heavy atom. The van der Waals surface area contributed by atoms with Crippen molar-refractivity contribution in [2.75, 3.05) is 26.3 Å². The van der Waals surface area contributed by atoms with Crippen molar-refractivity contribution in [3.8, 4) is 0 Å². The molecular weight excluding hydrogens is 272 g/mol. The summed E-state index contributed by atoms with van der Waals surface area (Å²) in [6.45, 7) is 4.34. The Balaban J connectivity index is 1.80. The predicted octanol–water partition coefficient (Wildman–Crippen LogP) is 1.91. The lowest BCUT2D eigenvalue weighted by molar-refractivity contribution is 0.106. The molecule has 0 spiro atoms. The molecule has 2 unspecified atom stereocenters. The van der Waals surface area contributed by atoms with Gasteiger partial charge >= 0.3 is 6.03 Å². The van der Waals surface area contributed by atoms with Crippen LogP contribution in [-0.4, -0.2) is 48.4 Å². The summed E-state index contributed by atoms with van der Waals surface area (Å²) < 4.78 is 10.4. The summed E-state index contributed by atoms with van der Waals surface area (Å²) in [7, 11) is 0. The number of furan rings is 1. The third-order valence-corrected chi connectivity index (χ3v) is 3.73. The standard InChI is InChI=1S/C15H24N2O4/c1-2-20-10-7-16-15(19)17-8-3-5-12(17)11-13(18)14-6-4-9-21-14/h4,6,9,12-13,18H,2-3,5,7-8,10-11H2,1H3,(H,16,19). The van der Waals surface area contributed by atoms with Crippen LogP contribution >= 0.6 is 0 Å². The zero-order chi connectivity index (χ0) is 15.1. The number of likely N-dealkylation sites (tertiary alicyclic amines) is 1. The molecule has 0 aromatic carbocycles. The van der Waals surface area contributed by atoms with Crippen LogP contribution in [0.4, 0.5) is 4.79 Å². The number of aliphatic hydroxyl groups excluding tert-OH is 1. The van der Waals surface area contributed by atoms with Crippen LogP contribution in [0.3, 0.4) is 0 Å². The summed E-state index contributed by atoms with van der Waals surface area (Å²) in [6.07, 6.45) is 3.27. The van der Waals surface area contributed by atoms with Crippen LogP contribution in [-0.2, 0) is 4.74 Å². The van der Waals surface area contributed by atoms with Crippen LogP contribution in [0.5, 0.6) is 0 Å². The Bertz CT molecular complexity index is 421. The monoisotopic (exact) mass is 296 g/mol. The van der Waals surface area contributed by atoms with Gasteiger partial charge in [-0.2, -0.15) is 0 Å². The molecule has 2 N–H and O–H groups in total. The van der Waals surface area contributed by atoms with Crippen LogP contribution in [0.1, 0.15) is 38.1 Å². The number of carbonyl (C=O) groups excluding carboxylic acids is 1. The van der Waals surface area contributed by atoms with Crippen molar-refractivity contribution in [3.05, 3.63) is 24.2 Å². The molecule has 6 nitrogen and oxygen atoms in total. The van der Waals surface area contributed by atoms with E-state index >= 15 is 0 Å². The van der Waals surface area contributed by atoms with E-state index in [9.17, 15) is 9.90 Å². The molecule has 0 saturated carbocycles. The molecule has 2 rings (SSSR count). The van der Waals surface area contributed by atoms with Gasteiger partial charge in [0.2, 0.25) is 0 Å². The normalized spacial score (nSPS) is 19.7. The Morgan fingerprint density at radius 3 is 3.24 bits per heavy atom. The molecule has 2 amide bonds. The minimum absolute atomic E-state index is 0.0530. The molecule has 118 valence electrons. The third kappa shape index (κ3) is 4.47. The van der Waals surface area contributed by atoms with E-state index in [1.807, 2.05) is 6.92 Å². The average molecular weight is 296 g/mol. The zero-order valence-electron chi connectivity index (χ0n) is 12.5. The van der Waals surface area contributed by atoms with E-state index in [1.54, 1.807) is 23.3 Å². The second kappa shape index (κ2) is 8.05. The summed E-state index contributed by atoms with van der Waals surface area (Å²) in [5.41, 5.74) is 0. The molecule has 1 aromatic heterocycles. The summed E-state index contributed by atoms with van der Waals surface area (Å²) >= 11 is 0. The van der Waals surface area contributed by atoms with E-state index in [0.717, 1.165) is 19.4 Å². The molecular formula is C15H24N2O4. The molecule has 0 radical (unpaired) electrons. The number of nitrogens with one attached hydrogen (secondary N) is 1. The number of hydrogen-bond donors (Lipinski definition) is 2. The smallest absolute Gasteiger partial charge is 0.317 e. The largest absolute Gasteiger partial charge is 0.467 e. The molecule has 2 atom stereocenters. The second-order valence-electron chi connectivity index (χ2n) is 5.19. The maximum absolute atomic E-state index is 12.1. The van der Waals surface area contributed by atoms with E-state index < -0.39 is 6.10 Å². The van der Waals surface area contributed by atoms with E-state index in [4.69, 9.17) is 9.15 Å². The first-order chi connectivity index (χ1) is 10.2. The summed E-state index contributed by atoms with van der Waals surface area (Å²) in [6, 6.07) is 3.48. The van der Waals surface area contributed by atoms with Gasteiger partial charge in [-0.05, 0) is 31.9 Å².